The van der Waals surface area contributed by atoms with Crippen LogP contribution in [0.2, 0.25) is 0 Å². The molecule has 0 aliphatic carbocycles. The van der Waals surface area contributed by atoms with Crippen LogP contribution in [0.3, 0.4) is 0 Å². The van der Waals surface area contributed by atoms with Crippen LogP contribution in [0.15, 0.2) is 18.3 Å². The Hall–Kier alpha value is -0.930. The van der Waals surface area contributed by atoms with Gasteiger partial charge in [-0.05, 0) is 44.9 Å². The van der Waals surface area contributed by atoms with Gasteiger partial charge in [0.25, 0.3) is 0 Å². The zero-order valence-corrected chi connectivity index (χ0v) is 11.6. The Labute approximate surface area is 110 Å². The number of aromatic nitrogens is 1. The van der Waals surface area contributed by atoms with Gasteiger partial charge in [-0.1, -0.05) is 13.0 Å². The molecule has 1 N–H and O–H groups in total. The lowest BCUT2D eigenvalue weighted by atomic mass is 9.91. The van der Waals surface area contributed by atoms with Crippen molar-refractivity contribution in [3.8, 4) is 0 Å². The van der Waals surface area contributed by atoms with Crippen LogP contribution < -0.4 is 5.32 Å². The highest BCUT2D eigenvalue weighted by Crippen LogP contribution is 2.31. The second kappa shape index (κ2) is 6.30. The van der Waals surface area contributed by atoms with Crippen molar-refractivity contribution in [2.75, 3.05) is 13.2 Å². The maximum Gasteiger partial charge on any atom is 0.0551 e. The maximum absolute atomic E-state index is 5.71. The van der Waals surface area contributed by atoms with E-state index in [4.69, 9.17) is 4.74 Å². The van der Waals surface area contributed by atoms with Gasteiger partial charge in [-0.3, -0.25) is 4.98 Å². The monoisotopic (exact) mass is 248 g/mol. The molecule has 3 heteroatoms. The van der Waals surface area contributed by atoms with Gasteiger partial charge in [-0.25, -0.2) is 0 Å². The number of hydrogen-bond donors (Lipinski definition) is 1. The van der Waals surface area contributed by atoms with E-state index < -0.39 is 0 Å². The Morgan fingerprint density at radius 1 is 1.50 bits per heavy atom. The van der Waals surface area contributed by atoms with Crippen molar-refractivity contribution in [3.63, 3.8) is 0 Å². The van der Waals surface area contributed by atoms with Gasteiger partial charge in [-0.2, -0.15) is 0 Å². The fraction of sp³-hybridized carbons (Fsp3) is 0.667. The van der Waals surface area contributed by atoms with Gasteiger partial charge >= 0.3 is 0 Å². The smallest absolute Gasteiger partial charge is 0.0551 e. The van der Waals surface area contributed by atoms with Crippen LogP contribution in [-0.2, 0) is 4.74 Å². The van der Waals surface area contributed by atoms with E-state index in [1.165, 1.54) is 5.56 Å². The molecule has 2 rings (SSSR count). The van der Waals surface area contributed by atoms with Crippen molar-refractivity contribution >= 4 is 0 Å². The summed E-state index contributed by atoms with van der Waals surface area (Å²) in [6, 6.07) is 4.66. The van der Waals surface area contributed by atoms with Crippen molar-refractivity contribution in [2.24, 2.45) is 5.92 Å². The summed E-state index contributed by atoms with van der Waals surface area (Å²) < 4.78 is 5.71. The molecule has 0 aromatic carbocycles. The van der Waals surface area contributed by atoms with Gasteiger partial charge in [0.1, 0.15) is 0 Å². The molecule has 0 radical (unpaired) electrons. The molecule has 1 saturated heterocycles. The van der Waals surface area contributed by atoms with Gasteiger partial charge in [0.2, 0.25) is 0 Å². The van der Waals surface area contributed by atoms with Gasteiger partial charge in [0.05, 0.1) is 12.7 Å². The largest absolute Gasteiger partial charge is 0.378 e. The second-order valence-electron chi connectivity index (χ2n) is 5.30. The summed E-state index contributed by atoms with van der Waals surface area (Å²) in [7, 11) is 0. The van der Waals surface area contributed by atoms with Gasteiger partial charge < -0.3 is 10.1 Å². The van der Waals surface area contributed by atoms with Crippen molar-refractivity contribution in [1.29, 1.82) is 0 Å². The van der Waals surface area contributed by atoms with Crippen molar-refractivity contribution in [2.45, 2.75) is 45.8 Å². The molecule has 0 spiro atoms. The van der Waals surface area contributed by atoms with Gasteiger partial charge in [0, 0.05) is 23.9 Å². The highest BCUT2D eigenvalue weighted by atomic mass is 16.5. The summed E-state index contributed by atoms with van der Waals surface area (Å²) in [6.45, 7) is 8.29. The first-order valence-electron chi connectivity index (χ1n) is 6.98. The number of rotatable bonds is 5. The first kappa shape index (κ1) is 13.5. The molecule has 18 heavy (non-hydrogen) atoms. The Morgan fingerprint density at radius 2 is 2.33 bits per heavy atom. The van der Waals surface area contributed by atoms with E-state index in [0.717, 1.165) is 31.7 Å². The third-order valence-corrected chi connectivity index (χ3v) is 3.61. The molecule has 3 unspecified atom stereocenters. The van der Waals surface area contributed by atoms with E-state index >= 15 is 0 Å². The van der Waals surface area contributed by atoms with Crippen molar-refractivity contribution in [1.82, 2.24) is 10.3 Å². The summed E-state index contributed by atoms with van der Waals surface area (Å²) in [5, 5.41) is 3.65. The minimum Gasteiger partial charge on any atom is -0.378 e. The van der Waals surface area contributed by atoms with E-state index in [0.29, 0.717) is 18.1 Å². The molecule has 2 heterocycles. The average molecular weight is 248 g/mol. The van der Waals surface area contributed by atoms with E-state index in [1.54, 1.807) is 0 Å². The summed E-state index contributed by atoms with van der Waals surface area (Å²) in [6.07, 6.45) is 4.68. The average Bonchev–Trinajstić information content (AvgIpc) is 2.78. The molecule has 3 nitrogen and oxygen atoms in total. The molecule has 100 valence electrons. The summed E-state index contributed by atoms with van der Waals surface area (Å²) in [5.74, 6) is 0.566. The third-order valence-electron chi connectivity index (χ3n) is 3.61. The third kappa shape index (κ3) is 3.30. The molecule has 1 aromatic rings. The first-order chi connectivity index (χ1) is 8.70. The fourth-order valence-electron chi connectivity index (χ4n) is 2.60. The van der Waals surface area contributed by atoms with Crippen LogP contribution in [0.5, 0.6) is 0 Å². The Morgan fingerprint density at radius 3 is 2.89 bits per heavy atom. The van der Waals surface area contributed by atoms with Crippen LogP contribution in [0.25, 0.3) is 0 Å². The molecule has 0 bridgehead atoms. The van der Waals surface area contributed by atoms with E-state index in [9.17, 15) is 0 Å². The maximum atomic E-state index is 5.71. The normalized spacial score (nSPS) is 25.3. The van der Waals surface area contributed by atoms with E-state index in [1.807, 2.05) is 13.1 Å². The molecule has 0 amide bonds. The minimum atomic E-state index is 0.378. The second-order valence-corrected chi connectivity index (χ2v) is 5.30. The Bertz CT molecular complexity index is 363. The predicted octanol–water partition coefficient (Wildman–Crippen LogP) is 2.86. The van der Waals surface area contributed by atoms with E-state index in [2.05, 4.69) is 36.3 Å². The number of aryl methyl sites for hydroxylation is 1. The Kier molecular flexibility index (Phi) is 4.72. The molecular formula is C15H24N2O. The minimum absolute atomic E-state index is 0.378. The van der Waals surface area contributed by atoms with Crippen LogP contribution in [-0.4, -0.2) is 24.2 Å². The SMILES string of the molecule is CCCNC(c1ccc(C)nc1)C1COC(C)C1. The van der Waals surface area contributed by atoms with Gasteiger partial charge in [-0.15, -0.1) is 0 Å². The van der Waals surface area contributed by atoms with Gasteiger partial charge in [0.15, 0.2) is 0 Å². The molecule has 1 fully saturated rings. The summed E-state index contributed by atoms with van der Waals surface area (Å²) in [4.78, 5) is 4.42. The standard InChI is InChI=1S/C15H24N2O/c1-4-7-16-15(14-8-12(3)18-10-14)13-6-5-11(2)17-9-13/h5-6,9,12,14-16H,4,7-8,10H2,1-3H3. The molecule has 1 aliphatic heterocycles. The number of hydrogen-bond acceptors (Lipinski definition) is 3. The lowest BCUT2D eigenvalue weighted by Gasteiger charge is -2.24. The van der Waals surface area contributed by atoms with Crippen LogP contribution >= 0.6 is 0 Å². The molecule has 3 atom stereocenters. The first-order valence-corrected chi connectivity index (χ1v) is 6.98. The molecular weight excluding hydrogens is 224 g/mol. The lowest BCUT2D eigenvalue weighted by molar-refractivity contribution is 0.117. The van der Waals surface area contributed by atoms with E-state index in [-0.39, 0.29) is 0 Å². The molecule has 1 aliphatic rings. The number of nitrogens with zero attached hydrogens (tertiary/aromatic N) is 1. The van der Waals surface area contributed by atoms with Crippen molar-refractivity contribution in [3.05, 3.63) is 29.6 Å². The summed E-state index contributed by atoms with van der Waals surface area (Å²) >= 11 is 0. The van der Waals surface area contributed by atoms with Crippen LogP contribution in [0.4, 0.5) is 0 Å². The zero-order valence-electron chi connectivity index (χ0n) is 11.6. The summed E-state index contributed by atoms with van der Waals surface area (Å²) in [5.41, 5.74) is 2.36. The van der Waals surface area contributed by atoms with Crippen LogP contribution in [0.1, 0.15) is 44.0 Å². The number of nitrogens with one attached hydrogen (secondary N) is 1. The lowest BCUT2D eigenvalue weighted by Crippen LogP contribution is -2.29. The number of pyridine rings is 1. The Balaban J connectivity index is 2.11. The highest BCUT2D eigenvalue weighted by Gasteiger charge is 2.30. The quantitative estimate of drug-likeness (QED) is 0.870. The molecule has 1 aromatic heterocycles. The zero-order chi connectivity index (χ0) is 13.0. The molecule has 0 saturated carbocycles. The topological polar surface area (TPSA) is 34.2 Å². The fourth-order valence-corrected chi connectivity index (χ4v) is 2.60. The predicted molar refractivity (Wildman–Crippen MR) is 73.5 cm³/mol. The highest BCUT2D eigenvalue weighted by molar-refractivity contribution is 5.18. The number of ether oxygens (including phenoxy) is 1. The van der Waals surface area contributed by atoms with Crippen molar-refractivity contribution < 1.29 is 4.74 Å². The van der Waals surface area contributed by atoms with Crippen LogP contribution in [0, 0.1) is 12.8 Å².